The van der Waals surface area contributed by atoms with Gasteiger partial charge in [-0.3, -0.25) is 0 Å². The lowest BCUT2D eigenvalue weighted by Crippen LogP contribution is -2.37. The molecule has 4 unspecified atom stereocenters. The molecule has 3 fully saturated rings. The molecule has 1 N–H and O–H groups in total. The van der Waals surface area contributed by atoms with Crippen LogP contribution in [-0.2, 0) is 0 Å². The van der Waals surface area contributed by atoms with Crippen LogP contribution in [0.3, 0.4) is 0 Å². The van der Waals surface area contributed by atoms with Crippen LogP contribution >= 0.6 is 11.8 Å². The fraction of sp³-hybridized carbons (Fsp3) is 1.00. The van der Waals surface area contributed by atoms with E-state index >= 15 is 0 Å². The third-order valence-electron chi connectivity index (χ3n) is 4.22. The van der Waals surface area contributed by atoms with Crippen LogP contribution in [0.5, 0.6) is 0 Å². The highest BCUT2D eigenvalue weighted by molar-refractivity contribution is 8.00. The van der Waals surface area contributed by atoms with Crippen LogP contribution in [0.25, 0.3) is 0 Å². The van der Waals surface area contributed by atoms with E-state index in [4.69, 9.17) is 0 Å². The van der Waals surface area contributed by atoms with Crippen molar-refractivity contribution in [1.82, 2.24) is 5.32 Å². The van der Waals surface area contributed by atoms with E-state index in [-0.39, 0.29) is 0 Å². The van der Waals surface area contributed by atoms with Crippen molar-refractivity contribution >= 4 is 11.8 Å². The summed E-state index contributed by atoms with van der Waals surface area (Å²) in [5, 5.41) is 4.77. The second-order valence-electron chi connectivity index (χ2n) is 5.24. The topological polar surface area (TPSA) is 12.0 Å². The second kappa shape index (κ2) is 4.05. The Labute approximate surface area is 91.4 Å². The van der Waals surface area contributed by atoms with Crippen LogP contribution in [0.2, 0.25) is 0 Å². The molecule has 3 rings (SSSR count). The van der Waals surface area contributed by atoms with Gasteiger partial charge < -0.3 is 5.32 Å². The van der Waals surface area contributed by atoms with Crippen molar-refractivity contribution in [3.63, 3.8) is 0 Å². The Hall–Kier alpha value is 0.310. The Bertz CT molecular complexity index is 200. The fourth-order valence-electron chi connectivity index (χ4n) is 3.25. The standard InChI is InChI=1S/C12H21NS/c1-3-9-7-11(9)12(5-1)13-8-10-4-2-6-14-10/h9-13H,1-8H2. The monoisotopic (exact) mass is 211 g/mol. The smallest absolute Gasteiger partial charge is 0.0172 e. The van der Waals surface area contributed by atoms with E-state index in [1.54, 1.807) is 0 Å². The molecule has 0 radical (unpaired) electrons. The van der Waals surface area contributed by atoms with Crippen molar-refractivity contribution in [2.45, 2.75) is 49.8 Å². The van der Waals surface area contributed by atoms with Gasteiger partial charge in [0, 0.05) is 17.8 Å². The number of hydrogen-bond donors (Lipinski definition) is 1. The Balaban J connectivity index is 1.43. The largest absolute Gasteiger partial charge is 0.313 e. The van der Waals surface area contributed by atoms with Crippen molar-refractivity contribution in [3.05, 3.63) is 0 Å². The summed E-state index contributed by atoms with van der Waals surface area (Å²) in [6.07, 6.45) is 8.91. The summed E-state index contributed by atoms with van der Waals surface area (Å²) < 4.78 is 0. The van der Waals surface area contributed by atoms with E-state index in [1.807, 2.05) is 0 Å². The maximum absolute atomic E-state index is 3.83. The molecule has 0 spiro atoms. The van der Waals surface area contributed by atoms with Crippen LogP contribution in [0.1, 0.15) is 38.5 Å². The first kappa shape index (κ1) is 9.53. The van der Waals surface area contributed by atoms with Gasteiger partial charge in [-0.25, -0.2) is 0 Å². The summed E-state index contributed by atoms with van der Waals surface area (Å²) in [4.78, 5) is 0. The second-order valence-corrected chi connectivity index (χ2v) is 6.65. The third kappa shape index (κ3) is 1.96. The molecule has 0 aromatic carbocycles. The molecule has 2 heteroatoms. The van der Waals surface area contributed by atoms with Gasteiger partial charge in [0.05, 0.1) is 0 Å². The first-order chi connectivity index (χ1) is 6.93. The van der Waals surface area contributed by atoms with Crippen LogP contribution in [0, 0.1) is 11.8 Å². The van der Waals surface area contributed by atoms with Crippen molar-refractivity contribution in [2.75, 3.05) is 12.3 Å². The molecule has 1 nitrogen and oxygen atoms in total. The van der Waals surface area contributed by atoms with Gasteiger partial charge in [0.25, 0.3) is 0 Å². The number of thioether (sulfide) groups is 1. The van der Waals surface area contributed by atoms with Crippen molar-refractivity contribution in [2.24, 2.45) is 11.8 Å². The summed E-state index contributed by atoms with van der Waals surface area (Å²) >= 11 is 2.18. The maximum atomic E-state index is 3.83. The Morgan fingerprint density at radius 1 is 1.14 bits per heavy atom. The number of fused-ring (bicyclic) bond motifs is 1. The Morgan fingerprint density at radius 2 is 2.14 bits per heavy atom. The molecule has 0 bridgehead atoms. The molecule has 2 saturated carbocycles. The fourth-order valence-corrected chi connectivity index (χ4v) is 4.47. The predicted molar refractivity (Wildman–Crippen MR) is 62.7 cm³/mol. The third-order valence-corrected chi connectivity index (χ3v) is 5.61. The van der Waals surface area contributed by atoms with Crippen LogP contribution < -0.4 is 5.32 Å². The first-order valence-corrected chi connectivity index (χ1v) is 7.33. The van der Waals surface area contributed by atoms with Gasteiger partial charge in [-0.15, -0.1) is 0 Å². The molecule has 1 saturated heterocycles. The quantitative estimate of drug-likeness (QED) is 0.770. The normalized spacial score (nSPS) is 46.3. The molecular formula is C12H21NS. The summed E-state index contributed by atoms with van der Waals surface area (Å²) in [6, 6.07) is 0.898. The lowest BCUT2D eigenvalue weighted by atomic mass is 9.95. The summed E-state index contributed by atoms with van der Waals surface area (Å²) in [5.74, 6) is 3.61. The van der Waals surface area contributed by atoms with Crippen molar-refractivity contribution < 1.29 is 0 Å². The average molecular weight is 211 g/mol. The minimum atomic E-state index is 0.898. The molecule has 3 aliphatic rings. The molecule has 14 heavy (non-hydrogen) atoms. The first-order valence-electron chi connectivity index (χ1n) is 6.28. The number of nitrogens with one attached hydrogen (secondary N) is 1. The highest BCUT2D eigenvalue weighted by atomic mass is 32.2. The van der Waals surface area contributed by atoms with Gasteiger partial charge >= 0.3 is 0 Å². The van der Waals surface area contributed by atoms with Crippen molar-refractivity contribution in [3.8, 4) is 0 Å². The average Bonchev–Trinajstić information content (AvgIpc) is 2.83. The van der Waals surface area contributed by atoms with Crippen LogP contribution in [0.15, 0.2) is 0 Å². The van der Waals surface area contributed by atoms with Gasteiger partial charge in [-0.05, 0) is 43.3 Å². The number of hydrogen-bond acceptors (Lipinski definition) is 2. The molecule has 0 amide bonds. The van der Waals surface area contributed by atoms with Gasteiger partial charge in [0.2, 0.25) is 0 Å². The minimum absolute atomic E-state index is 0.898. The minimum Gasteiger partial charge on any atom is -0.313 e. The number of rotatable bonds is 3. The lowest BCUT2D eigenvalue weighted by molar-refractivity contribution is 0.354. The van der Waals surface area contributed by atoms with E-state index < -0.39 is 0 Å². The van der Waals surface area contributed by atoms with Crippen LogP contribution in [-0.4, -0.2) is 23.6 Å². The van der Waals surface area contributed by atoms with Gasteiger partial charge in [0.15, 0.2) is 0 Å². The maximum Gasteiger partial charge on any atom is 0.0172 e. The summed E-state index contributed by atoms with van der Waals surface area (Å²) in [6.45, 7) is 1.29. The Kier molecular flexibility index (Phi) is 2.76. The van der Waals surface area contributed by atoms with Gasteiger partial charge in [-0.2, -0.15) is 11.8 Å². The van der Waals surface area contributed by atoms with E-state index in [0.717, 1.165) is 23.1 Å². The molecule has 1 aliphatic heterocycles. The molecule has 1 heterocycles. The molecule has 4 atom stereocenters. The van der Waals surface area contributed by atoms with Crippen molar-refractivity contribution in [1.29, 1.82) is 0 Å². The SMILES string of the molecule is C1CSC(CNC2CCCC3CC32)C1. The van der Waals surface area contributed by atoms with Crippen LogP contribution in [0.4, 0.5) is 0 Å². The van der Waals surface area contributed by atoms with E-state index in [0.29, 0.717) is 0 Å². The van der Waals surface area contributed by atoms with Gasteiger partial charge in [-0.1, -0.05) is 12.8 Å². The summed E-state index contributed by atoms with van der Waals surface area (Å²) in [7, 11) is 0. The van der Waals surface area contributed by atoms with E-state index in [2.05, 4.69) is 17.1 Å². The van der Waals surface area contributed by atoms with E-state index in [1.165, 1.54) is 50.8 Å². The summed E-state index contributed by atoms with van der Waals surface area (Å²) in [5.41, 5.74) is 0. The zero-order valence-corrected chi connectivity index (χ0v) is 9.69. The molecular weight excluding hydrogens is 190 g/mol. The Morgan fingerprint density at radius 3 is 3.00 bits per heavy atom. The predicted octanol–water partition coefficient (Wildman–Crippen LogP) is 2.66. The van der Waals surface area contributed by atoms with Gasteiger partial charge in [0.1, 0.15) is 0 Å². The zero-order valence-electron chi connectivity index (χ0n) is 8.87. The zero-order chi connectivity index (χ0) is 9.38. The van der Waals surface area contributed by atoms with E-state index in [9.17, 15) is 0 Å². The highest BCUT2D eigenvalue weighted by Crippen LogP contribution is 2.49. The molecule has 80 valence electrons. The highest BCUT2D eigenvalue weighted by Gasteiger charge is 2.44. The molecule has 2 aliphatic carbocycles. The molecule has 0 aromatic heterocycles. The molecule has 0 aromatic rings. The lowest BCUT2D eigenvalue weighted by Gasteiger charge is -2.24.